The maximum Gasteiger partial charge on any atom is 0.222 e. The summed E-state index contributed by atoms with van der Waals surface area (Å²) in [5.74, 6) is -0.0486. The van der Waals surface area contributed by atoms with E-state index in [1.807, 2.05) is 0 Å². The van der Waals surface area contributed by atoms with E-state index in [2.05, 4.69) is 5.32 Å². The van der Waals surface area contributed by atoms with Crippen LogP contribution in [0.25, 0.3) is 0 Å². The molecule has 2 N–H and O–H groups in total. The van der Waals surface area contributed by atoms with Crippen LogP contribution in [0.1, 0.15) is 6.42 Å². The minimum atomic E-state index is -0.438. The van der Waals surface area contributed by atoms with Gasteiger partial charge in [-0.1, -0.05) is 0 Å². The van der Waals surface area contributed by atoms with Crippen LogP contribution in [0.5, 0.6) is 0 Å². The largest absolute Gasteiger partial charge is 0.391 e. The van der Waals surface area contributed by atoms with Crippen molar-refractivity contribution in [2.24, 2.45) is 0 Å². The fourth-order valence-electron chi connectivity index (χ4n) is 0.590. The lowest BCUT2D eigenvalue weighted by atomic mass is 10.3. The van der Waals surface area contributed by atoms with Crippen molar-refractivity contribution in [3.8, 4) is 0 Å². The summed E-state index contributed by atoms with van der Waals surface area (Å²) in [5, 5.41) is 11.1. The van der Waals surface area contributed by atoms with Crippen molar-refractivity contribution in [2.45, 2.75) is 12.5 Å². The first-order chi connectivity index (χ1) is 3.29. The van der Waals surface area contributed by atoms with Crippen molar-refractivity contribution in [3.05, 3.63) is 0 Å². The minimum absolute atomic E-state index is 0. The number of halogens is 1. The third kappa shape index (κ3) is 1.68. The van der Waals surface area contributed by atoms with Crippen molar-refractivity contribution in [3.63, 3.8) is 0 Å². The number of hydrogen-bond donors (Lipinski definition) is 2. The number of β-amino-alcohol motifs (C(OH)–C–C–N with tert-alkyl or cyclic N) is 1. The molecule has 1 aliphatic rings. The maximum absolute atomic E-state index is 10.2. The van der Waals surface area contributed by atoms with Gasteiger partial charge >= 0.3 is 0 Å². The highest BCUT2D eigenvalue weighted by molar-refractivity contribution is 5.85. The number of carbonyl (C=O) groups is 1. The van der Waals surface area contributed by atoms with Crippen molar-refractivity contribution >= 4 is 18.3 Å². The van der Waals surface area contributed by atoms with Gasteiger partial charge in [0.15, 0.2) is 0 Å². The smallest absolute Gasteiger partial charge is 0.222 e. The topological polar surface area (TPSA) is 49.3 Å². The maximum atomic E-state index is 10.2. The summed E-state index contributed by atoms with van der Waals surface area (Å²) in [5.41, 5.74) is 0. The number of nitrogens with one attached hydrogen (secondary N) is 1. The summed E-state index contributed by atoms with van der Waals surface area (Å²) < 4.78 is 0. The first-order valence-electron chi connectivity index (χ1n) is 2.24. The zero-order chi connectivity index (χ0) is 5.28. The van der Waals surface area contributed by atoms with E-state index in [1.165, 1.54) is 0 Å². The second-order valence-corrected chi connectivity index (χ2v) is 1.66. The highest BCUT2D eigenvalue weighted by Gasteiger charge is 2.17. The number of rotatable bonds is 0. The van der Waals surface area contributed by atoms with Crippen molar-refractivity contribution in [1.29, 1.82) is 0 Å². The molecule has 0 radical (unpaired) electrons. The van der Waals surface area contributed by atoms with E-state index in [0.29, 0.717) is 6.54 Å². The molecule has 0 aromatic rings. The Hall–Kier alpha value is -0.280. The molecule has 3 nitrogen and oxygen atoms in total. The van der Waals surface area contributed by atoms with Crippen molar-refractivity contribution in [1.82, 2.24) is 5.32 Å². The van der Waals surface area contributed by atoms with Crippen LogP contribution in [0.4, 0.5) is 0 Å². The lowest BCUT2D eigenvalue weighted by Gasteiger charge is -1.89. The van der Waals surface area contributed by atoms with E-state index >= 15 is 0 Å². The monoisotopic (exact) mass is 137 g/mol. The third-order valence-electron chi connectivity index (χ3n) is 0.956. The molecular weight excluding hydrogens is 130 g/mol. The van der Waals surface area contributed by atoms with Gasteiger partial charge < -0.3 is 10.4 Å². The van der Waals surface area contributed by atoms with E-state index in [4.69, 9.17) is 5.11 Å². The molecule has 0 bridgehead atoms. The van der Waals surface area contributed by atoms with Crippen LogP contribution in [0.2, 0.25) is 0 Å². The van der Waals surface area contributed by atoms with Gasteiger partial charge in [0, 0.05) is 6.54 Å². The molecule has 0 aromatic heterocycles. The molecule has 8 heavy (non-hydrogen) atoms. The summed E-state index contributed by atoms with van der Waals surface area (Å²) in [6.45, 7) is 0.429. The second-order valence-electron chi connectivity index (χ2n) is 1.66. The first-order valence-corrected chi connectivity index (χ1v) is 2.24. The van der Waals surface area contributed by atoms with Gasteiger partial charge in [-0.05, 0) is 0 Å². The Labute approximate surface area is 53.5 Å². The minimum Gasteiger partial charge on any atom is -0.391 e. The first kappa shape index (κ1) is 7.72. The van der Waals surface area contributed by atoms with Crippen LogP contribution in [0.3, 0.4) is 0 Å². The predicted molar refractivity (Wildman–Crippen MR) is 30.9 cm³/mol. The molecular formula is C4H8ClNO2. The van der Waals surface area contributed by atoms with Gasteiger partial charge in [-0.2, -0.15) is 0 Å². The Kier molecular flexibility index (Phi) is 2.79. The van der Waals surface area contributed by atoms with E-state index in [1.54, 1.807) is 0 Å². The van der Waals surface area contributed by atoms with Crippen LogP contribution < -0.4 is 5.32 Å². The quantitative estimate of drug-likeness (QED) is 0.464. The lowest BCUT2D eigenvalue weighted by Crippen LogP contribution is -2.14. The summed E-state index contributed by atoms with van der Waals surface area (Å²) in [6.07, 6.45) is -0.160. The van der Waals surface area contributed by atoms with Crippen molar-refractivity contribution < 1.29 is 9.90 Å². The summed E-state index contributed by atoms with van der Waals surface area (Å²) in [7, 11) is 0. The molecule has 1 amide bonds. The van der Waals surface area contributed by atoms with Crippen LogP contribution in [-0.2, 0) is 4.79 Å². The van der Waals surface area contributed by atoms with Gasteiger partial charge in [-0.25, -0.2) is 0 Å². The van der Waals surface area contributed by atoms with E-state index in [0.717, 1.165) is 0 Å². The molecule has 1 fully saturated rings. The highest BCUT2D eigenvalue weighted by atomic mass is 35.5. The van der Waals surface area contributed by atoms with Gasteiger partial charge in [0.2, 0.25) is 5.91 Å². The van der Waals surface area contributed by atoms with Gasteiger partial charge in [0.1, 0.15) is 0 Å². The van der Waals surface area contributed by atoms with Crippen LogP contribution in [-0.4, -0.2) is 23.7 Å². The number of aliphatic hydroxyl groups excluding tert-OH is 1. The van der Waals surface area contributed by atoms with Gasteiger partial charge in [0.25, 0.3) is 0 Å². The molecule has 1 aliphatic heterocycles. The zero-order valence-electron chi connectivity index (χ0n) is 4.26. The highest BCUT2D eigenvalue weighted by Crippen LogP contribution is 1.95. The lowest BCUT2D eigenvalue weighted by molar-refractivity contribution is -0.119. The molecule has 0 spiro atoms. The molecule has 1 saturated heterocycles. The molecule has 4 heteroatoms. The summed E-state index contributed by atoms with van der Waals surface area (Å²) in [6, 6.07) is 0. The Balaban J connectivity index is 0.000000490. The third-order valence-corrected chi connectivity index (χ3v) is 0.956. The second kappa shape index (κ2) is 2.89. The number of carbonyl (C=O) groups excluding carboxylic acids is 1. The van der Waals surface area contributed by atoms with Crippen LogP contribution >= 0.6 is 12.4 Å². The number of hydrogen-bond acceptors (Lipinski definition) is 2. The zero-order valence-corrected chi connectivity index (χ0v) is 5.07. The SMILES string of the molecule is Cl.O=C1C[C@H](O)CN1. The Bertz CT molecular complexity index is 96.0. The van der Waals surface area contributed by atoms with E-state index in [-0.39, 0.29) is 24.7 Å². The normalized spacial score (nSPS) is 26.6. The van der Waals surface area contributed by atoms with E-state index in [9.17, 15) is 4.79 Å². The summed E-state index contributed by atoms with van der Waals surface area (Å²) >= 11 is 0. The molecule has 48 valence electrons. The van der Waals surface area contributed by atoms with Crippen LogP contribution in [0, 0.1) is 0 Å². The van der Waals surface area contributed by atoms with Crippen molar-refractivity contribution in [2.75, 3.05) is 6.54 Å². The molecule has 1 atom stereocenters. The molecule has 0 aromatic carbocycles. The molecule has 0 unspecified atom stereocenters. The standard InChI is InChI=1S/C4H7NO2.ClH/c6-3-1-4(7)5-2-3;/h3,6H,1-2H2,(H,5,7);1H/t3-;/m0./s1. The average molecular weight is 138 g/mol. The van der Waals surface area contributed by atoms with E-state index < -0.39 is 6.10 Å². The summed E-state index contributed by atoms with van der Waals surface area (Å²) in [4.78, 5) is 10.2. The fourth-order valence-corrected chi connectivity index (χ4v) is 0.590. The molecule has 1 rings (SSSR count). The predicted octanol–water partition coefficient (Wildman–Crippen LogP) is -0.711. The number of aliphatic hydroxyl groups is 1. The number of amides is 1. The Morgan fingerprint density at radius 2 is 2.38 bits per heavy atom. The Morgan fingerprint density at radius 1 is 1.75 bits per heavy atom. The molecule has 0 saturated carbocycles. The molecule has 1 heterocycles. The Morgan fingerprint density at radius 3 is 2.50 bits per heavy atom. The van der Waals surface area contributed by atoms with Gasteiger partial charge in [-0.15, -0.1) is 12.4 Å². The fraction of sp³-hybridized carbons (Fsp3) is 0.750. The van der Waals surface area contributed by atoms with Gasteiger partial charge in [0.05, 0.1) is 12.5 Å². The van der Waals surface area contributed by atoms with Gasteiger partial charge in [-0.3, -0.25) is 4.79 Å². The van der Waals surface area contributed by atoms with Crippen LogP contribution in [0.15, 0.2) is 0 Å². The average Bonchev–Trinajstić information content (AvgIpc) is 1.87. The molecule has 0 aliphatic carbocycles.